The Morgan fingerprint density at radius 2 is 2.05 bits per heavy atom. The van der Waals surface area contributed by atoms with Crippen LogP contribution < -0.4 is 0 Å². The van der Waals surface area contributed by atoms with E-state index in [1.54, 1.807) is 0 Å². The van der Waals surface area contributed by atoms with Gasteiger partial charge in [0.2, 0.25) is 0 Å². The lowest BCUT2D eigenvalue weighted by atomic mass is 9.73. The molecular weight excluding hydrogens is 272 g/mol. The Hall–Kier alpha value is -1.19. The predicted molar refractivity (Wildman–Crippen MR) is 89.7 cm³/mol. The number of piperidine rings is 1. The first-order valence-electron chi connectivity index (χ1n) is 8.78. The van der Waals surface area contributed by atoms with Gasteiger partial charge in [0.15, 0.2) is 0 Å². The Morgan fingerprint density at radius 3 is 2.91 bits per heavy atom. The maximum Gasteiger partial charge on any atom is 0.131 e. The van der Waals surface area contributed by atoms with Gasteiger partial charge in [-0.2, -0.15) is 0 Å². The Balaban J connectivity index is 1.72. The second-order valence-electron chi connectivity index (χ2n) is 7.42. The lowest BCUT2D eigenvalue weighted by molar-refractivity contribution is 0.0565. The van der Waals surface area contributed by atoms with Crippen LogP contribution in [0.25, 0.3) is 0 Å². The molecule has 0 radical (unpaired) electrons. The summed E-state index contributed by atoms with van der Waals surface area (Å²) in [7, 11) is 0. The maximum atomic E-state index is 11.4. The summed E-state index contributed by atoms with van der Waals surface area (Å²) in [6, 6.07) is 8.13. The molecule has 1 aromatic rings. The SMILES string of the molecule is CC[C@@]12CCCN(CC[C@@]3(O)C(=Nc4ccccc43)CC1)C2. The number of fused-ring (bicyclic) bond motifs is 5. The van der Waals surface area contributed by atoms with Crippen LogP contribution in [0, 0.1) is 5.41 Å². The standard InChI is InChI=1S/C19H26N2O/c1-2-18-9-5-12-21(14-18)13-11-19(22)15-6-3-4-7-16(15)20-17(19)8-10-18/h3-4,6-7,22H,2,5,8-14H2,1H3/t18-,19+/m1/s1. The van der Waals surface area contributed by atoms with Crippen molar-refractivity contribution in [1.29, 1.82) is 0 Å². The molecule has 3 atom stereocenters. The van der Waals surface area contributed by atoms with Gasteiger partial charge in [-0.1, -0.05) is 25.1 Å². The summed E-state index contributed by atoms with van der Waals surface area (Å²) in [5, 5.41) is 11.4. The third-order valence-electron chi connectivity index (χ3n) is 6.25. The number of nitrogens with zero attached hydrogens (tertiary/aromatic N) is 2. The highest BCUT2D eigenvalue weighted by Gasteiger charge is 2.44. The lowest BCUT2D eigenvalue weighted by Gasteiger charge is -2.42. The van der Waals surface area contributed by atoms with Crippen molar-refractivity contribution in [2.24, 2.45) is 10.4 Å². The average molecular weight is 298 g/mol. The number of hydrogen-bond acceptors (Lipinski definition) is 3. The maximum absolute atomic E-state index is 11.4. The van der Waals surface area contributed by atoms with E-state index in [2.05, 4.69) is 17.9 Å². The minimum Gasteiger partial charge on any atom is -0.379 e. The van der Waals surface area contributed by atoms with E-state index in [-0.39, 0.29) is 0 Å². The van der Waals surface area contributed by atoms with Gasteiger partial charge < -0.3 is 10.0 Å². The molecule has 2 bridgehead atoms. The van der Waals surface area contributed by atoms with Crippen LogP contribution in [0.5, 0.6) is 0 Å². The van der Waals surface area contributed by atoms with Crippen molar-refractivity contribution >= 4 is 11.4 Å². The first-order chi connectivity index (χ1) is 10.7. The molecule has 0 amide bonds. The minimum absolute atomic E-state index is 0.431. The molecule has 3 aliphatic rings. The summed E-state index contributed by atoms with van der Waals surface area (Å²) in [5.74, 6) is 0. The molecular formula is C19H26N2O. The first kappa shape index (κ1) is 14.4. The molecule has 2 saturated heterocycles. The molecule has 3 aliphatic heterocycles. The zero-order chi connectivity index (χ0) is 15.2. The summed E-state index contributed by atoms with van der Waals surface area (Å²) in [5.41, 5.74) is 2.61. The summed E-state index contributed by atoms with van der Waals surface area (Å²) in [6.45, 7) is 5.70. The molecule has 1 unspecified atom stereocenters. The predicted octanol–water partition coefficient (Wildman–Crippen LogP) is 3.64. The van der Waals surface area contributed by atoms with Gasteiger partial charge in [-0.05, 0) is 56.6 Å². The van der Waals surface area contributed by atoms with E-state index in [1.807, 2.05) is 18.2 Å². The molecule has 0 spiro atoms. The van der Waals surface area contributed by atoms with E-state index in [9.17, 15) is 5.11 Å². The van der Waals surface area contributed by atoms with Crippen molar-refractivity contribution in [2.45, 2.75) is 51.0 Å². The van der Waals surface area contributed by atoms with E-state index in [0.717, 1.165) is 42.8 Å². The number of aliphatic imine (C=N–C) groups is 1. The summed E-state index contributed by atoms with van der Waals surface area (Å²) >= 11 is 0. The highest BCUT2D eigenvalue weighted by Crippen LogP contribution is 2.46. The molecule has 3 heteroatoms. The van der Waals surface area contributed by atoms with Crippen LogP contribution in [0.2, 0.25) is 0 Å². The monoisotopic (exact) mass is 298 g/mol. The third-order valence-corrected chi connectivity index (χ3v) is 6.25. The fraction of sp³-hybridized carbons (Fsp3) is 0.632. The van der Waals surface area contributed by atoms with Crippen LogP contribution in [0.1, 0.15) is 51.0 Å². The Labute approximate surface area is 133 Å². The van der Waals surface area contributed by atoms with Gasteiger partial charge in [-0.15, -0.1) is 0 Å². The largest absolute Gasteiger partial charge is 0.379 e. The summed E-state index contributed by atoms with van der Waals surface area (Å²) in [4.78, 5) is 7.39. The third kappa shape index (κ3) is 2.14. The fourth-order valence-electron chi connectivity index (χ4n) is 4.73. The van der Waals surface area contributed by atoms with Crippen molar-refractivity contribution in [3.8, 4) is 0 Å². The van der Waals surface area contributed by atoms with Gasteiger partial charge in [0.1, 0.15) is 5.60 Å². The van der Waals surface area contributed by atoms with E-state index < -0.39 is 5.60 Å². The Bertz CT molecular complexity index is 611. The van der Waals surface area contributed by atoms with Gasteiger partial charge in [0.25, 0.3) is 0 Å². The molecule has 118 valence electrons. The topological polar surface area (TPSA) is 35.8 Å². The molecule has 0 saturated carbocycles. The van der Waals surface area contributed by atoms with E-state index in [4.69, 9.17) is 4.99 Å². The van der Waals surface area contributed by atoms with Crippen LogP contribution in [0.15, 0.2) is 29.3 Å². The minimum atomic E-state index is -0.830. The smallest absolute Gasteiger partial charge is 0.131 e. The molecule has 22 heavy (non-hydrogen) atoms. The van der Waals surface area contributed by atoms with Crippen LogP contribution in [0.4, 0.5) is 5.69 Å². The van der Waals surface area contributed by atoms with Crippen molar-refractivity contribution in [3.05, 3.63) is 29.8 Å². The summed E-state index contributed by atoms with van der Waals surface area (Å²) in [6.07, 6.45) is 6.75. The molecule has 1 aromatic carbocycles. The van der Waals surface area contributed by atoms with E-state index in [0.29, 0.717) is 5.41 Å². The Morgan fingerprint density at radius 1 is 1.18 bits per heavy atom. The molecule has 3 nitrogen and oxygen atoms in total. The fourth-order valence-corrected chi connectivity index (χ4v) is 4.73. The number of hydrogen-bond donors (Lipinski definition) is 1. The first-order valence-corrected chi connectivity index (χ1v) is 8.78. The van der Waals surface area contributed by atoms with Gasteiger partial charge in [0, 0.05) is 18.7 Å². The van der Waals surface area contributed by atoms with Crippen molar-refractivity contribution in [1.82, 2.24) is 4.90 Å². The molecule has 2 fully saturated rings. The molecule has 0 aromatic heterocycles. The van der Waals surface area contributed by atoms with Gasteiger partial charge in [0.05, 0.1) is 11.4 Å². The number of para-hydroxylation sites is 1. The summed E-state index contributed by atoms with van der Waals surface area (Å²) < 4.78 is 0. The van der Waals surface area contributed by atoms with E-state index >= 15 is 0 Å². The second-order valence-corrected chi connectivity index (χ2v) is 7.42. The van der Waals surface area contributed by atoms with Gasteiger partial charge in [-0.3, -0.25) is 4.99 Å². The highest BCUT2D eigenvalue weighted by atomic mass is 16.3. The van der Waals surface area contributed by atoms with Crippen LogP contribution in [0.3, 0.4) is 0 Å². The van der Waals surface area contributed by atoms with Crippen LogP contribution in [-0.4, -0.2) is 35.4 Å². The average Bonchev–Trinajstić information content (AvgIpc) is 2.85. The number of benzene rings is 1. The normalized spacial score (nSPS) is 37.4. The molecule has 1 N–H and O–H groups in total. The zero-order valence-corrected chi connectivity index (χ0v) is 13.5. The Kier molecular flexibility index (Phi) is 3.39. The quantitative estimate of drug-likeness (QED) is 0.859. The number of aliphatic hydroxyl groups is 1. The van der Waals surface area contributed by atoms with Gasteiger partial charge in [-0.25, -0.2) is 0 Å². The number of rotatable bonds is 1. The second kappa shape index (κ2) is 5.17. The lowest BCUT2D eigenvalue weighted by Crippen LogP contribution is -2.43. The highest BCUT2D eigenvalue weighted by molar-refractivity contribution is 6.00. The van der Waals surface area contributed by atoms with Crippen molar-refractivity contribution in [3.63, 3.8) is 0 Å². The van der Waals surface area contributed by atoms with Crippen molar-refractivity contribution in [2.75, 3.05) is 19.6 Å². The van der Waals surface area contributed by atoms with Crippen LogP contribution in [-0.2, 0) is 5.60 Å². The zero-order valence-electron chi connectivity index (χ0n) is 13.5. The molecule has 3 heterocycles. The van der Waals surface area contributed by atoms with Crippen LogP contribution >= 0.6 is 0 Å². The van der Waals surface area contributed by atoms with Crippen molar-refractivity contribution < 1.29 is 5.11 Å². The molecule has 0 aliphatic carbocycles. The van der Waals surface area contributed by atoms with E-state index in [1.165, 1.54) is 32.4 Å². The van der Waals surface area contributed by atoms with Gasteiger partial charge >= 0.3 is 0 Å². The molecule has 4 rings (SSSR count).